The first-order valence-electron chi connectivity index (χ1n) is 7.56. The molecule has 1 amide bonds. The number of carboxylic acid groups (broad SMARTS) is 1. The van der Waals surface area contributed by atoms with Gasteiger partial charge in [-0.1, -0.05) is 0 Å². The molecule has 0 aromatic heterocycles. The van der Waals surface area contributed by atoms with Crippen molar-refractivity contribution in [1.29, 1.82) is 0 Å². The zero-order valence-electron chi connectivity index (χ0n) is 13.8. The third-order valence-corrected chi connectivity index (χ3v) is 4.26. The Morgan fingerprint density at radius 1 is 1.19 bits per heavy atom. The number of amides is 1. The number of aliphatic carboxylic acids is 1. The highest BCUT2D eigenvalue weighted by atomic mass is 19.4. The van der Waals surface area contributed by atoms with Crippen LogP contribution in [0.25, 0.3) is 0 Å². The normalized spacial score (nSPS) is 20.5. The van der Waals surface area contributed by atoms with E-state index in [0.29, 0.717) is 0 Å². The zero-order chi connectivity index (χ0) is 19.8. The zero-order valence-corrected chi connectivity index (χ0v) is 13.8. The van der Waals surface area contributed by atoms with Crippen molar-refractivity contribution in [1.82, 2.24) is 4.90 Å². The molecule has 0 aliphatic carbocycles. The average molecular weight is 381 g/mol. The third-order valence-electron chi connectivity index (χ3n) is 4.26. The van der Waals surface area contributed by atoms with E-state index in [1.165, 1.54) is 26.0 Å². The van der Waals surface area contributed by atoms with Gasteiger partial charge in [0.25, 0.3) is 5.91 Å². The minimum Gasteiger partial charge on any atom is -0.481 e. The lowest BCUT2D eigenvalue weighted by Gasteiger charge is -2.19. The topological polar surface area (TPSA) is 66.8 Å². The van der Waals surface area contributed by atoms with Crippen LogP contribution in [0.3, 0.4) is 0 Å². The van der Waals surface area contributed by atoms with E-state index < -0.39 is 49.6 Å². The van der Waals surface area contributed by atoms with E-state index in [-0.39, 0.29) is 22.4 Å². The highest BCUT2D eigenvalue weighted by Gasteiger charge is 2.53. The molecule has 144 valence electrons. The summed E-state index contributed by atoms with van der Waals surface area (Å²) in [7, 11) is 0. The number of likely N-dealkylation sites (tertiary alicyclic amines) is 1. The predicted octanol–water partition coefficient (Wildman–Crippen LogP) is 3.24. The standard InChI is InChI=1S/C16H16F5NO4/c1-7-3-9(4-8(2)12(7)26-15(17)18)13(23)22-5-10(14(24)25)11(6-22)16(19,20)21/h3-4,10-11,15H,5-6H2,1-2H3,(H,24,25)/t10-,11-/m1/s1. The van der Waals surface area contributed by atoms with Gasteiger partial charge in [0.15, 0.2) is 0 Å². The van der Waals surface area contributed by atoms with Gasteiger partial charge in [0, 0.05) is 18.7 Å². The highest BCUT2D eigenvalue weighted by Crippen LogP contribution is 2.38. The van der Waals surface area contributed by atoms with E-state index in [2.05, 4.69) is 4.74 Å². The molecule has 5 nitrogen and oxygen atoms in total. The van der Waals surface area contributed by atoms with Crippen LogP contribution in [0.4, 0.5) is 22.0 Å². The summed E-state index contributed by atoms with van der Waals surface area (Å²) in [6.45, 7) is -1.57. The molecule has 1 heterocycles. The van der Waals surface area contributed by atoms with E-state index in [9.17, 15) is 31.5 Å². The molecule has 10 heteroatoms. The first-order chi connectivity index (χ1) is 11.9. The van der Waals surface area contributed by atoms with E-state index in [0.717, 1.165) is 4.90 Å². The summed E-state index contributed by atoms with van der Waals surface area (Å²) >= 11 is 0. The van der Waals surface area contributed by atoms with Crippen LogP contribution < -0.4 is 4.74 Å². The molecule has 1 aromatic carbocycles. The molecule has 0 radical (unpaired) electrons. The Kier molecular flexibility index (Phi) is 5.43. The van der Waals surface area contributed by atoms with Crippen LogP contribution >= 0.6 is 0 Å². The minimum atomic E-state index is -4.75. The van der Waals surface area contributed by atoms with Gasteiger partial charge < -0.3 is 14.7 Å². The Hall–Kier alpha value is -2.39. The lowest BCUT2D eigenvalue weighted by molar-refractivity contribution is -0.187. The molecule has 1 N–H and O–H groups in total. The number of halogens is 5. The van der Waals surface area contributed by atoms with Gasteiger partial charge in [-0.2, -0.15) is 22.0 Å². The molecule has 0 bridgehead atoms. The van der Waals surface area contributed by atoms with E-state index in [4.69, 9.17) is 5.11 Å². The number of ether oxygens (including phenoxy) is 1. The monoisotopic (exact) mass is 381 g/mol. The van der Waals surface area contributed by atoms with Crippen molar-refractivity contribution < 1.29 is 41.4 Å². The van der Waals surface area contributed by atoms with Crippen molar-refractivity contribution in [2.45, 2.75) is 26.6 Å². The number of carbonyl (C=O) groups is 2. The van der Waals surface area contributed by atoms with Gasteiger partial charge in [0.05, 0.1) is 11.8 Å². The molecule has 1 aliphatic rings. The van der Waals surface area contributed by atoms with Crippen LogP contribution in [-0.4, -0.2) is 47.8 Å². The van der Waals surface area contributed by atoms with Gasteiger partial charge in [0.2, 0.25) is 0 Å². The van der Waals surface area contributed by atoms with Gasteiger partial charge in [-0.25, -0.2) is 0 Å². The molecule has 1 aromatic rings. The molecule has 0 unspecified atom stereocenters. The predicted molar refractivity (Wildman–Crippen MR) is 79.1 cm³/mol. The summed E-state index contributed by atoms with van der Waals surface area (Å²) < 4.78 is 68.2. The number of carbonyl (C=O) groups excluding carboxylic acids is 1. The Labute approximate surface area is 145 Å². The average Bonchev–Trinajstić information content (AvgIpc) is 2.95. The number of hydrogen-bond donors (Lipinski definition) is 1. The summed E-state index contributed by atoms with van der Waals surface area (Å²) in [5.74, 6) is -6.45. The fourth-order valence-electron chi connectivity index (χ4n) is 3.08. The molecular formula is C16H16F5NO4. The maximum absolute atomic E-state index is 13.0. The van der Waals surface area contributed by atoms with Crippen molar-refractivity contribution in [2.24, 2.45) is 11.8 Å². The van der Waals surface area contributed by atoms with Crippen LogP contribution in [-0.2, 0) is 4.79 Å². The minimum absolute atomic E-state index is 0.0198. The van der Waals surface area contributed by atoms with Crippen LogP contribution in [0.1, 0.15) is 21.5 Å². The van der Waals surface area contributed by atoms with Crippen LogP contribution in [0.5, 0.6) is 5.75 Å². The molecule has 1 saturated heterocycles. The van der Waals surface area contributed by atoms with Gasteiger partial charge >= 0.3 is 18.8 Å². The van der Waals surface area contributed by atoms with Gasteiger partial charge in [-0.05, 0) is 37.1 Å². The Morgan fingerprint density at radius 2 is 1.73 bits per heavy atom. The Balaban J connectivity index is 2.28. The lowest BCUT2D eigenvalue weighted by atomic mass is 9.96. The quantitative estimate of drug-likeness (QED) is 0.814. The number of alkyl halides is 5. The molecule has 26 heavy (non-hydrogen) atoms. The number of hydrogen-bond acceptors (Lipinski definition) is 3. The van der Waals surface area contributed by atoms with Crippen LogP contribution in [0.15, 0.2) is 12.1 Å². The Morgan fingerprint density at radius 3 is 2.12 bits per heavy atom. The first kappa shape index (κ1) is 19.9. The number of nitrogens with zero attached hydrogens (tertiary/aromatic N) is 1. The van der Waals surface area contributed by atoms with Crippen LogP contribution in [0.2, 0.25) is 0 Å². The first-order valence-corrected chi connectivity index (χ1v) is 7.56. The summed E-state index contributed by atoms with van der Waals surface area (Å²) in [4.78, 5) is 24.4. The summed E-state index contributed by atoms with van der Waals surface area (Å²) in [6, 6.07) is 2.45. The summed E-state index contributed by atoms with van der Waals surface area (Å²) in [5.41, 5.74) is 0.415. The van der Waals surface area contributed by atoms with E-state index in [1.807, 2.05) is 0 Å². The molecule has 2 atom stereocenters. The maximum atomic E-state index is 13.0. The fraction of sp³-hybridized carbons (Fsp3) is 0.500. The van der Waals surface area contributed by atoms with Gasteiger partial charge in [-0.15, -0.1) is 0 Å². The molecular weight excluding hydrogens is 365 g/mol. The second kappa shape index (κ2) is 7.08. The van der Waals surface area contributed by atoms with Gasteiger partial charge in [-0.3, -0.25) is 9.59 Å². The second-order valence-corrected chi connectivity index (χ2v) is 6.12. The summed E-state index contributed by atoms with van der Waals surface area (Å²) in [5, 5.41) is 9.00. The highest BCUT2D eigenvalue weighted by molar-refractivity contribution is 5.95. The summed E-state index contributed by atoms with van der Waals surface area (Å²) in [6.07, 6.45) is -4.75. The molecule has 2 rings (SSSR count). The smallest absolute Gasteiger partial charge is 0.394 e. The number of carboxylic acids is 1. The van der Waals surface area contributed by atoms with Crippen molar-refractivity contribution in [2.75, 3.05) is 13.1 Å². The van der Waals surface area contributed by atoms with Crippen molar-refractivity contribution in [3.63, 3.8) is 0 Å². The Bertz CT molecular complexity index is 696. The fourth-order valence-corrected chi connectivity index (χ4v) is 3.08. The molecule has 0 saturated carbocycles. The molecule has 1 aliphatic heterocycles. The molecule has 1 fully saturated rings. The largest absolute Gasteiger partial charge is 0.481 e. The van der Waals surface area contributed by atoms with E-state index >= 15 is 0 Å². The van der Waals surface area contributed by atoms with Crippen molar-refractivity contribution in [3.05, 3.63) is 28.8 Å². The van der Waals surface area contributed by atoms with Gasteiger partial charge in [0.1, 0.15) is 5.75 Å². The van der Waals surface area contributed by atoms with Crippen molar-refractivity contribution in [3.8, 4) is 5.75 Å². The van der Waals surface area contributed by atoms with Crippen LogP contribution in [0, 0.1) is 25.7 Å². The lowest BCUT2D eigenvalue weighted by Crippen LogP contribution is -2.34. The SMILES string of the molecule is Cc1cc(C(=O)N2C[C@@H](C(F)(F)F)[C@H](C(=O)O)C2)cc(C)c1OC(F)F. The number of rotatable bonds is 4. The number of benzene rings is 1. The maximum Gasteiger partial charge on any atom is 0.394 e. The molecule has 0 spiro atoms. The second-order valence-electron chi connectivity index (χ2n) is 6.12. The van der Waals surface area contributed by atoms with Crippen molar-refractivity contribution >= 4 is 11.9 Å². The number of aryl methyl sites for hydroxylation is 2. The third kappa shape index (κ3) is 4.05. The van der Waals surface area contributed by atoms with E-state index in [1.54, 1.807) is 0 Å².